The highest BCUT2D eigenvalue weighted by Gasteiger charge is 2.21. The van der Waals surface area contributed by atoms with Gasteiger partial charge in [-0.3, -0.25) is 0 Å². The van der Waals surface area contributed by atoms with E-state index in [9.17, 15) is 9.59 Å². The summed E-state index contributed by atoms with van der Waals surface area (Å²) >= 11 is 0. The Labute approximate surface area is 132 Å². The quantitative estimate of drug-likeness (QED) is 0.520. The average molecular weight is 316 g/mol. The van der Waals surface area contributed by atoms with Gasteiger partial charge >= 0.3 is 11.9 Å². The zero-order valence-corrected chi connectivity index (χ0v) is 13.9. The van der Waals surface area contributed by atoms with Gasteiger partial charge in [-0.25, -0.2) is 9.59 Å². The lowest BCUT2D eigenvalue weighted by atomic mass is 9.96. The van der Waals surface area contributed by atoms with Crippen LogP contribution in [0.2, 0.25) is 0 Å². The van der Waals surface area contributed by atoms with Crippen molar-refractivity contribution in [2.45, 2.75) is 27.7 Å². The summed E-state index contributed by atoms with van der Waals surface area (Å²) in [6, 6.07) is 0. The smallest absolute Gasteiger partial charge is 0.330 e. The lowest BCUT2D eigenvalue weighted by molar-refractivity contribution is -0.146. The number of carbonyl (C=O) groups excluding carboxylic acids is 2. The van der Waals surface area contributed by atoms with E-state index in [1.807, 2.05) is 13.8 Å². The van der Waals surface area contributed by atoms with Gasteiger partial charge in [-0.05, 0) is 0 Å². The third-order valence-electron chi connectivity index (χ3n) is 2.40. The molecule has 0 amide bonds. The Kier molecular flexibility index (Phi) is 11.3. The van der Waals surface area contributed by atoms with Crippen LogP contribution in [0.25, 0.3) is 0 Å². The van der Waals surface area contributed by atoms with E-state index >= 15 is 0 Å². The van der Waals surface area contributed by atoms with Gasteiger partial charge in [-0.2, -0.15) is 0 Å². The third-order valence-corrected chi connectivity index (χ3v) is 2.40. The van der Waals surface area contributed by atoms with Gasteiger partial charge in [-0.15, -0.1) is 0 Å². The van der Waals surface area contributed by atoms with Crippen LogP contribution in [-0.2, 0) is 19.1 Å². The molecule has 6 heteroatoms. The van der Waals surface area contributed by atoms with Crippen LogP contribution in [0.4, 0.5) is 0 Å². The first kappa shape index (κ1) is 22.6. The summed E-state index contributed by atoms with van der Waals surface area (Å²) in [6.45, 7) is 14.2. The molecule has 0 aromatic carbocycles. The van der Waals surface area contributed by atoms with Gasteiger partial charge in [0, 0.05) is 23.0 Å². The maximum Gasteiger partial charge on any atom is 0.330 e. The van der Waals surface area contributed by atoms with Gasteiger partial charge in [-0.1, -0.05) is 40.9 Å². The SMILES string of the molecule is C=CC(=O)OCC(C)(C)COC(=O)C=C.CC(C)(CO)CO. The predicted octanol–water partition coefficient (Wildman–Crippen LogP) is 1.47. The highest BCUT2D eigenvalue weighted by Crippen LogP contribution is 2.16. The Morgan fingerprint density at radius 2 is 1.18 bits per heavy atom. The first-order chi connectivity index (χ1) is 10.0. The minimum atomic E-state index is -0.488. The zero-order chi connectivity index (χ0) is 17.8. The number of rotatable bonds is 8. The summed E-state index contributed by atoms with van der Waals surface area (Å²) < 4.78 is 9.70. The number of carbonyl (C=O) groups is 2. The lowest BCUT2D eigenvalue weighted by Crippen LogP contribution is -2.27. The molecule has 0 unspecified atom stereocenters. The molecule has 22 heavy (non-hydrogen) atoms. The average Bonchev–Trinajstić information content (AvgIpc) is 2.50. The van der Waals surface area contributed by atoms with Crippen molar-refractivity contribution < 1.29 is 29.3 Å². The summed E-state index contributed by atoms with van der Waals surface area (Å²) in [4.78, 5) is 21.6. The molecule has 0 aliphatic heterocycles. The van der Waals surface area contributed by atoms with Gasteiger partial charge in [0.25, 0.3) is 0 Å². The molecule has 0 bridgehead atoms. The number of aliphatic hydroxyl groups is 2. The van der Waals surface area contributed by atoms with Gasteiger partial charge in [0.05, 0.1) is 26.4 Å². The molecule has 0 heterocycles. The number of hydrogen-bond donors (Lipinski definition) is 2. The van der Waals surface area contributed by atoms with Crippen molar-refractivity contribution in [1.82, 2.24) is 0 Å². The molecule has 0 aromatic rings. The van der Waals surface area contributed by atoms with Crippen LogP contribution in [0, 0.1) is 10.8 Å². The summed E-state index contributed by atoms with van der Waals surface area (Å²) in [6.07, 6.45) is 2.18. The largest absolute Gasteiger partial charge is 0.462 e. The monoisotopic (exact) mass is 316 g/mol. The molecular formula is C16H28O6. The van der Waals surface area contributed by atoms with Gasteiger partial charge in [0.1, 0.15) is 0 Å². The molecule has 0 saturated heterocycles. The van der Waals surface area contributed by atoms with E-state index in [-0.39, 0.29) is 31.8 Å². The molecule has 128 valence electrons. The van der Waals surface area contributed by atoms with Crippen molar-refractivity contribution in [1.29, 1.82) is 0 Å². The van der Waals surface area contributed by atoms with Crippen LogP contribution in [0.3, 0.4) is 0 Å². The Balaban J connectivity index is 0. The molecule has 0 radical (unpaired) electrons. The van der Waals surface area contributed by atoms with Crippen molar-refractivity contribution >= 4 is 11.9 Å². The Morgan fingerprint density at radius 3 is 1.36 bits per heavy atom. The van der Waals surface area contributed by atoms with Gasteiger partial charge in [0.15, 0.2) is 0 Å². The number of esters is 2. The van der Waals surface area contributed by atoms with E-state index in [0.29, 0.717) is 0 Å². The molecular weight excluding hydrogens is 288 g/mol. The van der Waals surface area contributed by atoms with Crippen molar-refractivity contribution in [2.75, 3.05) is 26.4 Å². The second kappa shape index (κ2) is 11.0. The lowest BCUT2D eigenvalue weighted by Gasteiger charge is -2.22. The molecule has 0 saturated carbocycles. The van der Waals surface area contributed by atoms with Crippen LogP contribution in [0.1, 0.15) is 27.7 Å². The molecule has 0 atom stereocenters. The van der Waals surface area contributed by atoms with E-state index in [2.05, 4.69) is 13.2 Å². The minimum Gasteiger partial charge on any atom is -0.462 e. The second-order valence-corrected chi connectivity index (χ2v) is 6.27. The van der Waals surface area contributed by atoms with Crippen molar-refractivity contribution in [3.8, 4) is 0 Å². The van der Waals surface area contributed by atoms with Crippen LogP contribution >= 0.6 is 0 Å². The fourth-order valence-corrected chi connectivity index (χ4v) is 0.743. The summed E-state index contributed by atoms with van der Waals surface area (Å²) in [7, 11) is 0. The molecule has 0 spiro atoms. The maximum absolute atomic E-state index is 10.8. The van der Waals surface area contributed by atoms with Crippen molar-refractivity contribution in [2.24, 2.45) is 10.8 Å². The maximum atomic E-state index is 10.8. The third kappa shape index (κ3) is 13.3. The fourth-order valence-electron chi connectivity index (χ4n) is 0.743. The summed E-state index contributed by atoms with van der Waals surface area (Å²) in [5.41, 5.74) is -0.725. The fraction of sp³-hybridized carbons (Fsp3) is 0.625. The van der Waals surface area contributed by atoms with Crippen molar-refractivity contribution in [3.63, 3.8) is 0 Å². The number of hydrogen-bond acceptors (Lipinski definition) is 6. The molecule has 0 aliphatic rings. The first-order valence-corrected chi connectivity index (χ1v) is 6.83. The predicted molar refractivity (Wildman–Crippen MR) is 84.0 cm³/mol. The van der Waals surface area contributed by atoms with E-state index in [1.165, 1.54) is 0 Å². The molecule has 6 nitrogen and oxygen atoms in total. The normalized spacial score (nSPS) is 10.8. The Morgan fingerprint density at radius 1 is 0.864 bits per heavy atom. The molecule has 2 N–H and O–H groups in total. The van der Waals surface area contributed by atoms with Crippen molar-refractivity contribution in [3.05, 3.63) is 25.3 Å². The summed E-state index contributed by atoms with van der Waals surface area (Å²) in [5.74, 6) is -0.976. The summed E-state index contributed by atoms with van der Waals surface area (Å²) in [5, 5.41) is 16.9. The first-order valence-electron chi connectivity index (χ1n) is 6.83. The Hall–Kier alpha value is -1.66. The second-order valence-electron chi connectivity index (χ2n) is 6.27. The van der Waals surface area contributed by atoms with E-state index in [0.717, 1.165) is 12.2 Å². The molecule has 0 rings (SSSR count). The highest BCUT2D eigenvalue weighted by atomic mass is 16.5. The van der Waals surface area contributed by atoms with E-state index in [1.54, 1.807) is 13.8 Å². The van der Waals surface area contributed by atoms with Crippen LogP contribution in [0.15, 0.2) is 25.3 Å². The van der Waals surface area contributed by atoms with Gasteiger partial charge < -0.3 is 19.7 Å². The van der Waals surface area contributed by atoms with E-state index < -0.39 is 17.4 Å². The Bertz CT molecular complexity index is 339. The number of aliphatic hydroxyl groups excluding tert-OH is 2. The molecule has 0 fully saturated rings. The van der Waals surface area contributed by atoms with Gasteiger partial charge in [0.2, 0.25) is 0 Å². The van der Waals surface area contributed by atoms with Crippen LogP contribution in [-0.4, -0.2) is 48.6 Å². The molecule has 0 aromatic heterocycles. The topological polar surface area (TPSA) is 93.1 Å². The number of ether oxygens (including phenoxy) is 2. The minimum absolute atomic E-state index is 0.0451. The van der Waals surface area contributed by atoms with Crippen LogP contribution in [0.5, 0.6) is 0 Å². The molecule has 0 aliphatic carbocycles. The standard InChI is InChI=1S/C11H16O4.C5H12O2/c1-5-9(12)14-7-11(3,4)8-15-10(13)6-2;1-5(2,3-6)4-7/h5-6H,1-2,7-8H2,3-4H3;6-7H,3-4H2,1-2H3. The zero-order valence-electron chi connectivity index (χ0n) is 13.9. The van der Waals surface area contributed by atoms with E-state index in [4.69, 9.17) is 19.7 Å². The van der Waals surface area contributed by atoms with Crippen LogP contribution < -0.4 is 0 Å². The highest BCUT2D eigenvalue weighted by molar-refractivity contribution is 5.81.